The van der Waals surface area contributed by atoms with Crippen molar-refractivity contribution < 1.29 is 18.0 Å². The Balaban J connectivity index is 1.95. The number of amides is 1. The Bertz CT molecular complexity index is 545. The van der Waals surface area contributed by atoms with Crippen LogP contribution in [0.3, 0.4) is 0 Å². The molecule has 1 amide bonds. The second-order valence-corrected chi connectivity index (χ2v) is 6.37. The summed E-state index contributed by atoms with van der Waals surface area (Å²) in [6.07, 6.45) is -3.29. The molecule has 2 rings (SSSR count). The summed E-state index contributed by atoms with van der Waals surface area (Å²) in [5.41, 5.74) is -0.137. The Morgan fingerprint density at radius 3 is 2.83 bits per heavy atom. The van der Waals surface area contributed by atoms with Crippen LogP contribution in [0, 0.1) is 5.92 Å². The molecule has 3 nitrogen and oxygen atoms in total. The zero-order valence-corrected chi connectivity index (χ0v) is 13.4. The van der Waals surface area contributed by atoms with Crippen molar-refractivity contribution in [1.29, 1.82) is 0 Å². The molecule has 2 N–H and O–H groups in total. The van der Waals surface area contributed by atoms with E-state index in [1.165, 1.54) is 6.07 Å². The van der Waals surface area contributed by atoms with Crippen LogP contribution in [0.1, 0.15) is 43.7 Å². The number of hydrogen-bond acceptors (Lipinski definition) is 2. The monoisotopic (exact) mass is 328 g/mol. The molecule has 1 fully saturated rings. The van der Waals surface area contributed by atoms with E-state index in [-0.39, 0.29) is 24.3 Å². The SMILES string of the molecule is CC(CC(=O)NC1CCNCC1C)c1cccc(C(F)(F)F)c1. The van der Waals surface area contributed by atoms with Crippen molar-refractivity contribution in [2.45, 2.75) is 44.8 Å². The van der Waals surface area contributed by atoms with Crippen LogP contribution in [0.15, 0.2) is 24.3 Å². The Hall–Kier alpha value is -1.56. The van der Waals surface area contributed by atoms with Gasteiger partial charge in [-0.1, -0.05) is 32.0 Å². The normalized spacial score (nSPS) is 23.3. The second kappa shape index (κ2) is 7.34. The van der Waals surface area contributed by atoms with Crippen LogP contribution in [0.25, 0.3) is 0 Å². The number of rotatable bonds is 4. The van der Waals surface area contributed by atoms with Gasteiger partial charge in [0.25, 0.3) is 0 Å². The van der Waals surface area contributed by atoms with Crippen LogP contribution < -0.4 is 10.6 Å². The third kappa shape index (κ3) is 4.96. The molecule has 1 aromatic carbocycles. The first-order valence-corrected chi connectivity index (χ1v) is 7.94. The molecule has 0 bridgehead atoms. The molecule has 0 spiro atoms. The molecule has 23 heavy (non-hydrogen) atoms. The molecule has 3 unspecified atom stereocenters. The summed E-state index contributed by atoms with van der Waals surface area (Å²) in [4.78, 5) is 12.2. The quantitative estimate of drug-likeness (QED) is 0.890. The topological polar surface area (TPSA) is 41.1 Å². The van der Waals surface area contributed by atoms with Gasteiger partial charge in [-0.2, -0.15) is 13.2 Å². The molecule has 128 valence electrons. The lowest BCUT2D eigenvalue weighted by Crippen LogP contribution is -2.48. The molecule has 1 aliphatic rings. The average Bonchev–Trinajstić information content (AvgIpc) is 2.49. The molecule has 0 aliphatic carbocycles. The van der Waals surface area contributed by atoms with E-state index >= 15 is 0 Å². The van der Waals surface area contributed by atoms with Gasteiger partial charge in [-0.3, -0.25) is 4.79 Å². The van der Waals surface area contributed by atoms with Crippen molar-refractivity contribution in [2.24, 2.45) is 5.92 Å². The fourth-order valence-electron chi connectivity index (χ4n) is 2.91. The van der Waals surface area contributed by atoms with Gasteiger partial charge in [0, 0.05) is 12.5 Å². The minimum Gasteiger partial charge on any atom is -0.353 e. The average molecular weight is 328 g/mol. The van der Waals surface area contributed by atoms with E-state index < -0.39 is 11.7 Å². The molecule has 6 heteroatoms. The van der Waals surface area contributed by atoms with E-state index in [2.05, 4.69) is 17.6 Å². The lowest BCUT2D eigenvalue weighted by atomic mass is 9.93. The highest BCUT2D eigenvalue weighted by Crippen LogP contribution is 2.31. The first kappa shape index (κ1) is 17.8. The number of nitrogens with one attached hydrogen (secondary N) is 2. The standard InChI is InChI=1S/C17H23F3N2O/c1-11(13-4-3-5-14(9-13)17(18,19)20)8-16(23)22-15-6-7-21-10-12(15)2/h3-5,9,11-12,15,21H,6-8,10H2,1-2H3,(H,22,23). The summed E-state index contributed by atoms with van der Waals surface area (Å²) >= 11 is 0. The van der Waals surface area contributed by atoms with Crippen molar-refractivity contribution in [3.8, 4) is 0 Å². The lowest BCUT2D eigenvalue weighted by Gasteiger charge is -2.30. The summed E-state index contributed by atoms with van der Waals surface area (Å²) in [6.45, 7) is 5.60. The summed E-state index contributed by atoms with van der Waals surface area (Å²) in [5.74, 6) is -0.000420. The Kier molecular flexibility index (Phi) is 5.68. The van der Waals surface area contributed by atoms with E-state index in [4.69, 9.17) is 0 Å². The maximum absolute atomic E-state index is 12.8. The van der Waals surface area contributed by atoms with Gasteiger partial charge in [-0.05, 0) is 43.0 Å². The number of carbonyl (C=O) groups excluding carboxylic acids is 1. The molecule has 1 heterocycles. The predicted octanol–water partition coefficient (Wildman–Crippen LogP) is 3.31. The third-order valence-electron chi connectivity index (χ3n) is 4.41. The van der Waals surface area contributed by atoms with Crippen molar-refractivity contribution in [3.63, 3.8) is 0 Å². The van der Waals surface area contributed by atoms with Gasteiger partial charge >= 0.3 is 6.18 Å². The summed E-state index contributed by atoms with van der Waals surface area (Å²) in [5, 5.41) is 6.28. The summed E-state index contributed by atoms with van der Waals surface area (Å²) < 4.78 is 38.3. The Morgan fingerprint density at radius 1 is 1.43 bits per heavy atom. The fourth-order valence-corrected chi connectivity index (χ4v) is 2.91. The van der Waals surface area contributed by atoms with Gasteiger partial charge in [0.05, 0.1) is 5.56 Å². The highest BCUT2D eigenvalue weighted by Gasteiger charge is 2.31. The molecule has 0 aromatic heterocycles. The highest BCUT2D eigenvalue weighted by atomic mass is 19.4. The number of hydrogen-bond donors (Lipinski definition) is 2. The largest absolute Gasteiger partial charge is 0.416 e. The molecule has 0 saturated carbocycles. The van der Waals surface area contributed by atoms with E-state index in [1.54, 1.807) is 13.0 Å². The zero-order chi connectivity index (χ0) is 17.0. The third-order valence-corrected chi connectivity index (χ3v) is 4.41. The van der Waals surface area contributed by atoms with E-state index in [0.29, 0.717) is 11.5 Å². The molecular formula is C17H23F3N2O. The van der Waals surface area contributed by atoms with Crippen molar-refractivity contribution in [2.75, 3.05) is 13.1 Å². The number of halogens is 3. The van der Waals surface area contributed by atoms with Gasteiger partial charge < -0.3 is 10.6 Å². The zero-order valence-electron chi connectivity index (χ0n) is 13.4. The van der Waals surface area contributed by atoms with E-state index in [9.17, 15) is 18.0 Å². The van der Waals surface area contributed by atoms with Crippen LogP contribution in [-0.4, -0.2) is 25.0 Å². The van der Waals surface area contributed by atoms with Gasteiger partial charge in [0.1, 0.15) is 0 Å². The molecule has 0 radical (unpaired) electrons. The molecule has 1 aliphatic heterocycles. The maximum Gasteiger partial charge on any atom is 0.416 e. The van der Waals surface area contributed by atoms with E-state index in [1.807, 2.05) is 0 Å². The summed E-state index contributed by atoms with van der Waals surface area (Å²) in [6, 6.07) is 5.34. The highest BCUT2D eigenvalue weighted by molar-refractivity contribution is 5.77. The van der Waals surface area contributed by atoms with Crippen LogP contribution in [0.4, 0.5) is 13.2 Å². The van der Waals surface area contributed by atoms with Gasteiger partial charge in [-0.15, -0.1) is 0 Å². The minimum absolute atomic E-state index is 0.103. The lowest BCUT2D eigenvalue weighted by molar-refractivity contribution is -0.137. The number of benzene rings is 1. The number of piperidine rings is 1. The van der Waals surface area contributed by atoms with Crippen LogP contribution in [0.5, 0.6) is 0 Å². The van der Waals surface area contributed by atoms with Crippen LogP contribution >= 0.6 is 0 Å². The van der Waals surface area contributed by atoms with E-state index in [0.717, 1.165) is 31.6 Å². The Labute approximate surface area is 134 Å². The van der Waals surface area contributed by atoms with Crippen molar-refractivity contribution >= 4 is 5.91 Å². The summed E-state index contributed by atoms with van der Waals surface area (Å²) in [7, 11) is 0. The van der Waals surface area contributed by atoms with Gasteiger partial charge in [-0.25, -0.2) is 0 Å². The van der Waals surface area contributed by atoms with Gasteiger partial charge in [0.2, 0.25) is 5.91 Å². The van der Waals surface area contributed by atoms with Gasteiger partial charge in [0.15, 0.2) is 0 Å². The first-order chi connectivity index (χ1) is 10.8. The van der Waals surface area contributed by atoms with Crippen LogP contribution in [0.2, 0.25) is 0 Å². The fraction of sp³-hybridized carbons (Fsp3) is 0.588. The molecular weight excluding hydrogens is 305 g/mol. The van der Waals surface area contributed by atoms with Crippen molar-refractivity contribution in [1.82, 2.24) is 10.6 Å². The Morgan fingerprint density at radius 2 is 2.17 bits per heavy atom. The smallest absolute Gasteiger partial charge is 0.353 e. The molecule has 3 atom stereocenters. The number of alkyl halides is 3. The molecule has 1 saturated heterocycles. The predicted molar refractivity (Wildman–Crippen MR) is 83.1 cm³/mol. The van der Waals surface area contributed by atoms with Crippen LogP contribution in [-0.2, 0) is 11.0 Å². The van der Waals surface area contributed by atoms with Crippen molar-refractivity contribution in [3.05, 3.63) is 35.4 Å². The minimum atomic E-state index is -4.36. The first-order valence-electron chi connectivity index (χ1n) is 7.94. The number of carbonyl (C=O) groups is 1. The molecule has 1 aromatic rings. The maximum atomic E-state index is 12.8. The second-order valence-electron chi connectivity index (χ2n) is 6.37.